The molecule has 0 bridgehead atoms. The molecule has 2 rings (SSSR count). The Morgan fingerprint density at radius 3 is 2.69 bits per heavy atom. The second kappa shape index (κ2) is 4.53. The molecular formula is C12H11N3O. The van der Waals surface area contributed by atoms with E-state index in [4.69, 9.17) is 0 Å². The van der Waals surface area contributed by atoms with Crippen LogP contribution in [0.1, 0.15) is 5.56 Å². The number of rotatable bonds is 3. The van der Waals surface area contributed by atoms with Crippen molar-refractivity contribution < 1.29 is 4.79 Å². The maximum atomic E-state index is 10.4. The predicted molar refractivity (Wildman–Crippen MR) is 61.9 cm³/mol. The summed E-state index contributed by atoms with van der Waals surface area (Å²) in [5, 5.41) is 2.61. The monoisotopic (exact) mass is 213 g/mol. The van der Waals surface area contributed by atoms with Gasteiger partial charge in [-0.1, -0.05) is 6.07 Å². The van der Waals surface area contributed by atoms with E-state index < -0.39 is 0 Å². The van der Waals surface area contributed by atoms with Gasteiger partial charge in [0.1, 0.15) is 0 Å². The Morgan fingerprint density at radius 2 is 2.00 bits per heavy atom. The molecule has 1 heterocycles. The number of nitrogens with zero attached hydrogens (tertiary/aromatic N) is 2. The van der Waals surface area contributed by atoms with E-state index in [0.717, 1.165) is 16.8 Å². The lowest BCUT2D eigenvalue weighted by Crippen LogP contribution is -1.96. The third-order valence-electron chi connectivity index (χ3n) is 2.27. The molecule has 0 aliphatic rings. The van der Waals surface area contributed by atoms with Crippen LogP contribution in [0.5, 0.6) is 0 Å². The van der Waals surface area contributed by atoms with Gasteiger partial charge in [-0.05, 0) is 30.7 Å². The topological polar surface area (TPSA) is 54.9 Å². The van der Waals surface area contributed by atoms with E-state index in [0.29, 0.717) is 12.2 Å². The maximum Gasteiger partial charge on any atom is 0.211 e. The van der Waals surface area contributed by atoms with Crippen LogP contribution in [0.2, 0.25) is 0 Å². The van der Waals surface area contributed by atoms with E-state index in [9.17, 15) is 4.79 Å². The van der Waals surface area contributed by atoms with Gasteiger partial charge in [-0.2, -0.15) is 0 Å². The second-order valence-electron chi connectivity index (χ2n) is 3.36. The zero-order chi connectivity index (χ0) is 11.4. The number of aromatic nitrogens is 2. The molecule has 1 amide bonds. The van der Waals surface area contributed by atoms with Gasteiger partial charge in [-0.15, -0.1) is 0 Å². The fourth-order valence-electron chi connectivity index (χ4n) is 1.46. The number of carbonyl (C=O) groups is 1. The fourth-order valence-corrected chi connectivity index (χ4v) is 1.46. The molecule has 0 aliphatic heterocycles. The summed E-state index contributed by atoms with van der Waals surface area (Å²) in [5.74, 6) is 0.662. The van der Waals surface area contributed by atoms with E-state index in [1.807, 2.05) is 25.1 Å². The first-order chi connectivity index (χ1) is 7.81. The second-order valence-corrected chi connectivity index (χ2v) is 3.36. The Hall–Kier alpha value is -2.23. The molecule has 0 unspecified atom stereocenters. The zero-order valence-electron chi connectivity index (χ0n) is 8.84. The Labute approximate surface area is 93.4 Å². The smallest absolute Gasteiger partial charge is 0.211 e. The van der Waals surface area contributed by atoms with E-state index in [1.165, 1.54) is 0 Å². The molecule has 0 saturated carbocycles. The molecule has 0 spiro atoms. The largest absolute Gasteiger partial charge is 0.329 e. The Kier molecular flexibility index (Phi) is 2.91. The molecule has 4 heteroatoms. The minimum absolute atomic E-state index is 0.653. The Bertz CT molecular complexity index is 497. The average Bonchev–Trinajstić information content (AvgIpc) is 2.33. The van der Waals surface area contributed by atoms with E-state index in [1.54, 1.807) is 18.5 Å². The van der Waals surface area contributed by atoms with Crippen LogP contribution in [0.4, 0.5) is 5.69 Å². The zero-order valence-corrected chi connectivity index (χ0v) is 8.84. The molecule has 0 aliphatic carbocycles. The third-order valence-corrected chi connectivity index (χ3v) is 2.27. The highest BCUT2D eigenvalue weighted by Crippen LogP contribution is 2.22. The number of nitrogens with one attached hydrogen (secondary N) is 1. The third kappa shape index (κ3) is 2.06. The summed E-state index contributed by atoms with van der Waals surface area (Å²) in [6.45, 7) is 1.98. The van der Waals surface area contributed by atoms with Crippen molar-refractivity contribution >= 4 is 12.1 Å². The molecule has 0 radical (unpaired) electrons. The minimum Gasteiger partial charge on any atom is -0.329 e. The molecule has 2 aromatic rings. The molecule has 4 nitrogen and oxygen atoms in total. The fraction of sp³-hybridized carbons (Fsp3) is 0.0833. The van der Waals surface area contributed by atoms with Gasteiger partial charge in [-0.25, -0.2) is 9.97 Å². The summed E-state index contributed by atoms with van der Waals surface area (Å²) in [7, 11) is 0. The first-order valence-corrected chi connectivity index (χ1v) is 4.89. The van der Waals surface area contributed by atoms with Crippen LogP contribution in [0.15, 0.2) is 36.7 Å². The number of benzene rings is 1. The van der Waals surface area contributed by atoms with E-state index in [2.05, 4.69) is 15.3 Å². The van der Waals surface area contributed by atoms with Crippen molar-refractivity contribution in [3.05, 3.63) is 42.2 Å². The number of carbonyl (C=O) groups excluding carboxylic acids is 1. The summed E-state index contributed by atoms with van der Waals surface area (Å²) in [5.41, 5.74) is 2.73. The molecule has 1 aromatic carbocycles. The lowest BCUT2D eigenvalue weighted by molar-refractivity contribution is -0.105. The van der Waals surface area contributed by atoms with Crippen molar-refractivity contribution in [3.8, 4) is 11.4 Å². The lowest BCUT2D eigenvalue weighted by atomic mass is 10.1. The van der Waals surface area contributed by atoms with Gasteiger partial charge in [0, 0.05) is 23.6 Å². The van der Waals surface area contributed by atoms with Crippen molar-refractivity contribution in [2.45, 2.75) is 6.92 Å². The van der Waals surface area contributed by atoms with Gasteiger partial charge in [-0.3, -0.25) is 4.79 Å². The van der Waals surface area contributed by atoms with Crippen LogP contribution in [-0.2, 0) is 4.79 Å². The van der Waals surface area contributed by atoms with E-state index >= 15 is 0 Å². The average molecular weight is 213 g/mol. The van der Waals surface area contributed by atoms with Gasteiger partial charge in [0.05, 0.1) is 0 Å². The highest BCUT2D eigenvalue weighted by atomic mass is 16.1. The van der Waals surface area contributed by atoms with Gasteiger partial charge >= 0.3 is 0 Å². The summed E-state index contributed by atoms with van der Waals surface area (Å²) in [4.78, 5) is 18.7. The first-order valence-electron chi connectivity index (χ1n) is 4.89. The summed E-state index contributed by atoms with van der Waals surface area (Å²) < 4.78 is 0. The van der Waals surface area contributed by atoms with Crippen LogP contribution in [-0.4, -0.2) is 16.4 Å². The molecule has 0 atom stereocenters. The summed E-state index contributed by atoms with van der Waals surface area (Å²) in [6.07, 6.45) is 4.05. The van der Waals surface area contributed by atoms with Gasteiger partial charge in [0.2, 0.25) is 6.41 Å². The lowest BCUT2D eigenvalue weighted by Gasteiger charge is -2.06. The van der Waals surface area contributed by atoms with Crippen molar-refractivity contribution in [3.63, 3.8) is 0 Å². The van der Waals surface area contributed by atoms with E-state index in [-0.39, 0.29) is 0 Å². The Morgan fingerprint density at radius 1 is 1.25 bits per heavy atom. The molecule has 1 aromatic heterocycles. The quantitative estimate of drug-likeness (QED) is 0.793. The normalized spacial score (nSPS) is 9.81. The van der Waals surface area contributed by atoms with Crippen LogP contribution in [0.3, 0.4) is 0 Å². The van der Waals surface area contributed by atoms with Crippen LogP contribution >= 0.6 is 0 Å². The SMILES string of the molecule is Cc1ccc(NC=O)cc1-c1ncccn1. The number of amides is 1. The molecule has 0 saturated heterocycles. The molecule has 0 fully saturated rings. The van der Waals surface area contributed by atoms with Crippen LogP contribution in [0, 0.1) is 6.92 Å². The van der Waals surface area contributed by atoms with Gasteiger partial charge in [0.25, 0.3) is 0 Å². The minimum atomic E-state index is 0.653. The molecule has 1 N–H and O–H groups in total. The number of anilines is 1. The summed E-state index contributed by atoms with van der Waals surface area (Å²) >= 11 is 0. The highest BCUT2D eigenvalue weighted by Gasteiger charge is 2.04. The Balaban J connectivity index is 2.47. The van der Waals surface area contributed by atoms with Gasteiger partial charge < -0.3 is 5.32 Å². The van der Waals surface area contributed by atoms with Gasteiger partial charge in [0.15, 0.2) is 5.82 Å². The molecule has 80 valence electrons. The highest BCUT2D eigenvalue weighted by molar-refractivity contribution is 5.75. The standard InChI is InChI=1S/C12H11N3O/c1-9-3-4-10(15-8-16)7-11(9)12-13-5-2-6-14-12/h2-8H,1H3,(H,15,16). The molecular weight excluding hydrogens is 202 g/mol. The van der Waals surface area contributed by atoms with Crippen molar-refractivity contribution in [2.24, 2.45) is 0 Å². The van der Waals surface area contributed by atoms with Crippen LogP contribution in [0.25, 0.3) is 11.4 Å². The maximum absolute atomic E-state index is 10.4. The number of hydrogen-bond acceptors (Lipinski definition) is 3. The number of aryl methyl sites for hydroxylation is 1. The molecule has 16 heavy (non-hydrogen) atoms. The first kappa shape index (κ1) is 10.3. The van der Waals surface area contributed by atoms with Crippen molar-refractivity contribution in [1.29, 1.82) is 0 Å². The van der Waals surface area contributed by atoms with Crippen molar-refractivity contribution in [2.75, 3.05) is 5.32 Å². The summed E-state index contributed by atoms with van der Waals surface area (Å²) in [6, 6.07) is 7.40. The predicted octanol–water partition coefficient (Wildman–Crippen LogP) is 2.02. The van der Waals surface area contributed by atoms with Crippen molar-refractivity contribution in [1.82, 2.24) is 9.97 Å². The van der Waals surface area contributed by atoms with Crippen LogP contribution < -0.4 is 5.32 Å². The number of hydrogen-bond donors (Lipinski definition) is 1.